The maximum Gasteiger partial charge on any atom is 0.317 e. The summed E-state index contributed by atoms with van der Waals surface area (Å²) in [6.07, 6.45) is 0.501. The van der Waals surface area contributed by atoms with Crippen LogP contribution in [0.5, 0.6) is 0 Å². The molecule has 1 fully saturated rings. The third-order valence-corrected chi connectivity index (χ3v) is 4.27. The third-order valence-electron chi connectivity index (χ3n) is 2.52. The molecule has 0 aromatic carbocycles. The Morgan fingerprint density at radius 1 is 1.56 bits per heavy atom. The van der Waals surface area contributed by atoms with Crippen molar-refractivity contribution in [3.8, 4) is 11.8 Å². The van der Waals surface area contributed by atoms with E-state index in [0.29, 0.717) is 13.0 Å². The van der Waals surface area contributed by atoms with Crippen LogP contribution in [0.1, 0.15) is 13.3 Å². The highest BCUT2D eigenvalue weighted by Crippen LogP contribution is 2.17. The molecule has 0 spiro atoms. The Labute approximate surface area is 95.4 Å². The Morgan fingerprint density at radius 2 is 2.25 bits per heavy atom. The number of sulfone groups is 1. The number of nitrogens with zero attached hydrogens (tertiary/aromatic N) is 1. The van der Waals surface area contributed by atoms with E-state index in [4.69, 9.17) is 5.11 Å². The van der Waals surface area contributed by atoms with Gasteiger partial charge in [-0.05, 0) is 13.3 Å². The van der Waals surface area contributed by atoms with E-state index in [0.717, 1.165) is 0 Å². The maximum absolute atomic E-state index is 11.3. The second kappa shape index (κ2) is 5.32. The van der Waals surface area contributed by atoms with Gasteiger partial charge in [0.05, 0.1) is 24.6 Å². The number of aliphatic carboxylic acids is 1. The van der Waals surface area contributed by atoms with Crippen LogP contribution in [-0.4, -0.2) is 55.0 Å². The molecular weight excluding hydrogens is 230 g/mol. The van der Waals surface area contributed by atoms with E-state index < -0.39 is 15.8 Å². The first-order valence-electron chi connectivity index (χ1n) is 5.00. The average Bonchev–Trinajstić information content (AvgIpc) is 2.52. The van der Waals surface area contributed by atoms with Gasteiger partial charge in [-0.15, -0.1) is 5.92 Å². The van der Waals surface area contributed by atoms with Crippen LogP contribution in [0.3, 0.4) is 0 Å². The van der Waals surface area contributed by atoms with Gasteiger partial charge in [-0.1, -0.05) is 5.92 Å². The van der Waals surface area contributed by atoms with Gasteiger partial charge in [0, 0.05) is 6.04 Å². The zero-order chi connectivity index (χ0) is 12.2. The summed E-state index contributed by atoms with van der Waals surface area (Å²) in [5.74, 6) is 4.69. The van der Waals surface area contributed by atoms with Crippen LogP contribution in [0.15, 0.2) is 0 Å². The largest absolute Gasteiger partial charge is 0.480 e. The molecule has 1 heterocycles. The maximum atomic E-state index is 11.3. The third kappa shape index (κ3) is 3.83. The Kier molecular flexibility index (Phi) is 4.33. The Balaban J connectivity index is 2.68. The first kappa shape index (κ1) is 13.0. The fraction of sp³-hybridized carbons (Fsp3) is 0.700. The zero-order valence-electron chi connectivity index (χ0n) is 9.14. The second-order valence-electron chi connectivity index (χ2n) is 3.78. The average molecular weight is 245 g/mol. The molecule has 90 valence electrons. The van der Waals surface area contributed by atoms with Crippen molar-refractivity contribution >= 4 is 15.8 Å². The van der Waals surface area contributed by atoms with Gasteiger partial charge in [0.15, 0.2) is 9.84 Å². The molecule has 6 heteroatoms. The molecule has 16 heavy (non-hydrogen) atoms. The fourth-order valence-electron chi connectivity index (χ4n) is 1.73. The van der Waals surface area contributed by atoms with E-state index in [9.17, 15) is 13.2 Å². The minimum atomic E-state index is -2.98. The molecule has 1 saturated heterocycles. The molecule has 0 bridgehead atoms. The first-order valence-corrected chi connectivity index (χ1v) is 6.82. The van der Waals surface area contributed by atoms with E-state index in [1.165, 1.54) is 0 Å². The Bertz CT molecular complexity index is 418. The van der Waals surface area contributed by atoms with Crippen molar-refractivity contribution in [3.05, 3.63) is 0 Å². The van der Waals surface area contributed by atoms with Crippen molar-refractivity contribution < 1.29 is 18.3 Å². The van der Waals surface area contributed by atoms with E-state index in [1.54, 1.807) is 11.8 Å². The van der Waals surface area contributed by atoms with Crippen molar-refractivity contribution in [3.63, 3.8) is 0 Å². The quantitative estimate of drug-likeness (QED) is 0.681. The lowest BCUT2D eigenvalue weighted by Crippen LogP contribution is -2.40. The normalized spacial score (nSPS) is 22.8. The number of hydrogen-bond donors (Lipinski definition) is 1. The summed E-state index contributed by atoms with van der Waals surface area (Å²) in [5.41, 5.74) is 0. The van der Waals surface area contributed by atoms with Gasteiger partial charge < -0.3 is 5.11 Å². The zero-order valence-corrected chi connectivity index (χ0v) is 9.96. The van der Waals surface area contributed by atoms with Gasteiger partial charge in [0.2, 0.25) is 0 Å². The standard InChI is InChI=1S/C10H15NO4S/c1-2-3-5-11(7-10(12)13)9-4-6-16(14,15)8-9/h9H,4-8H2,1H3,(H,12,13). The van der Waals surface area contributed by atoms with Gasteiger partial charge in [-0.25, -0.2) is 8.42 Å². The molecule has 0 saturated carbocycles. The predicted octanol–water partition coefficient (Wildman–Crippen LogP) is -0.417. The van der Waals surface area contributed by atoms with E-state index in [-0.39, 0.29) is 24.1 Å². The minimum absolute atomic E-state index is 0.0473. The summed E-state index contributed by atoms with van der Waals surface area (Å²) in [4.78, 5) is 12.3. The van der Waals surface area contributed by atoms with Crippen molar-refractivity contribution in [1.29, 1.82) is 0 Å². The molecule has 0 amide bonds. The highest BCUT2D eigenvalue weighted by atomic mass is 32.2. The molecule has 0 aromatic heterocycles. The SMILES string of the molecule is CC#CCN(CC(=O)O)C1CCS(=O)(=O)C1. The summed E-state index contributed by atoms with van der Waals surface area (Å²) in [7, 11) is -2.98. The van der Waals surface area contributed by atoms with Crippen molar-refractivity contribution in [2.75, 3.05) is 24.6 Å². The van der Waals surface area contributed by atoms with Gasteiger partial charge in [-0.2, -0.15) is 0 Å². The van der Waals surface area contributed by atoms with Gasteiger partial charge >= 0.3 is 5.97 Å². The molecule has 0 radical (unpaired) electrons. The molecule has 0 aromatic rings. The minimum Gasteiger partial charge on any atom is -0.480 e. The number of carbonyl (C=O) groups is 1. The van der Waals surface area contributed by atoms with E-state index in [1.807, 2.05) is 0 Å². The smallest absolute Gasteiger partial charge is 0.317 e. The summed E-state index contributed by atoms with van der Waals surface area (Å²) in [6, 6.07) is -0.207. The van der Waals surface area contributed by atoms with Crippen LogP contribution in [0.4, 0.5) is 0 Å². The van der Waals surface area contributed by atoms with Gasteiger partial charge in [-0.3, -0.25) is 9.69 Å². The lowest BCUT2D eigenvalue weighted by atomic mass is 10.2. The Hall–Kier alpha value is -1.06. The van der Waals surface area contributed by atoms with Crippen LogP contribution in [0.25, 0.3) is 0 Å². The molecule has 0 aliphatic carbocycles. The lowest BCUT2D eigenvalue weighted by molar-refractivity contribution is -0.138. The summed E-state index contributed by atoms with van der Waals surface area (Å²) in [6.45, 7) is 1.82. The van der Waals surface area contributed by atoms with Crippen LogP contribution in [-0.2, 0) is 14.6 Å². The van der Waals surface area contributed by atoms with Crippen LogP contribution >= 0.6 is 0 Å². The van der Waals surface area contributed by atoms with E-state index in [2.05, 4.69) is 11.8 Å². The topological polar surface area (TPSA) is 74.7 Å². The summed E-state index contributed by atoms with van der Waals surface area (Å²) in [5, 5.41) is 8.73. The molecule has 1 aliphatic rings. The molecule has 1 unspecified atom stereocenters. The van der Waals surface area contributed by atoms with Crippen LogP contribution in [0.2, 0.25) is 0 Å². The molecule has 5 nitrogen and oxygen atoms in total. The molecule has 1 atom stereocenters. The number of carboxylic acids is 1. The number of rotatable bonds is 4. The monoisotopic (exact) mass is 245 g/mol. The van der Waals surface area contributed by atoms with Crippen molar-refractivity contribution in [2.45, 2.75) is 19.4 Å². The molecule has 1 aliphatic heterocycles. The fourth-order valence-corrected chi connectivity index (χ4v) is 3.49. The molecular formula is C10H15NO4S. The lowest BCUT2D eigenvalue weighted by Gasteiger charge is -2.23. The molecule has 1 N–H and O–H groups in total. The van der Waals surface area contributed by atoms with E-state index >= 15 is 0 Å². The highest BCUT2D eigenvalue weighted by molar-refractivity contribution is 7.91. The van der Waals surface area contributed by atoms with Crippen molar-refractivity contribution in [2.24, 2.45) is 0 Å². The first-order chi connectivity index (χ1) is 7.44. The summed E-state index contributed by atoms with van der Waals surface area (Å²) >= 11 is 0. The molecule has 1 rings (SSSR count). The highest BCUT2D eigenvalue weighted by Gasteiger charge is 2.32. The Morgan fingerprint density at radius 3 is 2.69 bits per heavy atom. The number of carboxylic acid groups (broad SMARTS) is 1. The van der Waals surface area contributed by atoms with Gasteiger partial charge in [0.25, 0.3) is 0 Å². The summed E-state index contributed by atoms with van der Waals surface area (Å²) < 4.78 is 22.6. The van der Waals surface area contributed by atoms with Crippen molar-refractivity contribution in [1.82, 2.24) is 4.90 Å². The second-order valence-corrected chi connectivity index (χ2v) is 6.01. The number of hydrogen-bond acceptors (Lipinski definition) is 4. The van der Waals surface area contributed by atoms with Gasteiger partial charge in [0.1, 0.15) is 0 Å². The van der Waals surface area contributed by atoms with Crippen LogP contribution < -0.4 is 0 Å². The van der Waals surface area contributed by atoms with Crippen LogP contribution in [0, 0.1) is 11.8 Å². The predicted molar refractivity (Wildman–Crippen MR) is 59.7 cm³/mol.